The molecule has 10 nitrogen and oxygen atoms in total. The van der Waals surface area contributed by atoms with Crippen LogP contribution in [0.4, 0.5) is 14.5 Å². The van der Waals surface area contributed by atoms with Gasteiger partial charge in [0.05, 0.1) is 29.4 Å². The Hall–Kier alpha value is -4.57. The molecule has 0 aliphatic heterocycles. The highest BCUT2D eigenvalue weighted by atomic mass is 32.2. The van der Waals surface area contributed by atoms with Crippen LogP contribution < -0.4 is 14.8 Å². The molecule has 3 aromatic heterocycles. The Balaban J connectivity index is 1.78. The summed E-state index contributed by atoms with van der Waals surface area (Å²) >= 11 is 0. The third-order valence-electron chi connectivity index (χ3n) is 5.03. The molecule has 4 rings (SSSR count). The van der Waals surface area contributed by atoms with Gasteiger partial charge >= 0.3 is 0 Å². The maximum absolute atomic E-state index is 15.4. The molecular weight excluding hydrogens is 482 g/mol. The van der Waals surface area contributed by atoms with Gasteiger partial charge in [0, 0.05) is 25.0 Å². The van der Waals surface area contributed by atoms with E-state index >= 15 is 4.39 Å². The van der Waals surface area contributed by atoms with Gasteiger partial charge in [-0.15, -0.1) is 0 Å². The number of halogens is 2. The summed E-state index contributed by atoms with van der Waals surface area (Å²) in [4.78, 5) is 19.2. The minimum atomic E-state index is -4.48. The van der Waals surface area contributed by atoms with E-state index in [-0.39, 0.29) is 22.7 Å². The summed E-state index contributed by atoms with van der Waals surface area (Å²) in [7, 11) is -1.85. The number of sulfonamides is 1. The molecule has 35 heavy (non-hydrogen) atoms. The molecule has 0 unspecified atom stereocenters. The standard InChI is InChI=1S/C22H16F2N6O4S/c1-26-21(31)20-16-6-3-13(10-30(16)11-28-20)18-14(23)4-5-15(19(18)24)29-35(32,33)17-7-12(8-25)9-27-22(17)34-2/h3-7,9-11,29H,1-2H3,(H,26,31). The van der Waals surface area contributed by atoms with Gasteiger partial charge in [-0.2, -0.15) is 5.26 Å². The van der Waals surface area contributed by atoms with Crippen molar-refractivity contribution < 1.29 is 26.7 Å². The SMILES string of the molecule is CNC(=O)c1ncn2cc(-c3c(F)ccc(NS(=O)(=O)c4cc(C#N)cnc4OC)c3F)ccc12. The summed E-state index contributed by atoms with van der Waals surface area (Å²) in [6, 6.07) is 7.47. The van der Waals surface area contributed by atoms with Crippen molar-refractivity contribution in [1.29, 1.82) is 5.26 Å². The first-order chi connectivity index (χ1) is 16.7. The van der Waals surface area contributed by atoms with Crippen molar-refractivity contribution in [1.82, 2.24) is 19.7 Å². The molecule has 0 radical (unpaired) electrons. The maximum Gasteiger partial charge on any atom is 0.271 e. The minimum Gasteiger partial charge on any atom is -0.480 e. The molecule has 0 bridgehead atoms. The lowest BCUT2D eigenvalue weighted by atomic mass is 10.0. The zero-order valence-corrected chi connectivity index (χ0v) is 19.0. The molecule has 1 amide bonds. The molecule has 0 fully saturated rings. The van der Waals surface area contributed by atoms with Crippen molar-refractivity contribution in [3.05, 3.63) is 71.9 Å². The summed E-state index contributed by atoms with van der Waals surface area (Å²) in [6.45, 7) is 0. The molecule has 13 heteroatoms. The van der Waals surface area contributed by atoms with Gasteiger partial charge in [0.2, 0.25) is 5.88 Å². The predicted octanol–water partition coefficient (Wildman–Crippen LogP) is 2.72. The van der Waals surface area contributed by atoms with Gasteiger partial charge in [0.1, 0.15) is 18.2 Å². The van der Waals surface area contributed by atoms with E-state index in [9.17, 15) is 17.6 Å². The average Bonchev–Trinajstić information content (AvgIpc) is 3.28. The number of ether oxygens (including phenoxy) is 1. The number of rotatable bonds is 6. The molecule has 0 saturated carbocycles. The van der Waals surface area contributed by atoms with Crippen LogP contribution >= 0.6 is 0 Å². The molecule has 3 heterocycles. The van der Waals surface area contributed by atoms with Crippen molar-refractivity contribution in [3.63, 3.8) is 0 Å². The summed E-state index contributed by atoms with van der Waals surface area (Å²) in [5.41, 5.74) is -0.497. The van der Waals surface area contributed by atoms with Crippen LogP contribution in [0.3, 0.4) is 0 Å². The number of imidazole rings is 1. The Labute approximate surface area is 197 Å². The van der Waals surface area contributed by atoms with E-state index in [0.29, 0.717) is 5.52 Å². The Morgan fingerprint density at radius 1 is 1.20 bits per heavy atom. The number of methoxy groups -OCH3 is 1. The van der Waals surface area contributed by atoms with E-state index in [1.807, 2.05) is 0 Å². The van der Waals surface area contributed by atoms with Crippen LogP contribution in [0.15, 0.2) is 53.9 Å². The topological polar surface area (TPSA) is 138 Å². The van der Waals surface area contributed by atoms with Crippen LogP contribution in [0, 0.1) is 23.0 Å². The van der Waals surface area contributed by atoms with Gasteiger partial charge < -0.3 is 14.5 Å². The van der Waals surface area contributed by atoms with E-state index in [0.717, 1.165) is 24.4 Å². The molecule has 0 aliphatic rings. The molecule has 0 spiro atoms. The number of nitriles is 1. The number of anilines is 1. The van der Waals surface area contributed by atoms with E-state index in [2.05, 4.69) is 20.0 Å². The van der Waals surface area contributed by atoms with Crippen LogP contribution in [-0.2, 0) is 10.0 Å². The van der Waals surface area contributed by atoms with Gasteiger partial charge in [-0.1, -0.05) is 6.07 Å². The molecular formula is C22H16F2N6O4S. The van der Waals surface area contributed by atoms with Crippen LogP contribution in [-0.4, -0.2) is 42.9 Å². The Morgan fingerprint density at radius 2 is 1.97 bits per heavy atom. The number of aromatic nitrogens is 3. The fourth-order valence-corrected chi connectivity index (χ4v) is 4.58. The maximum atomic E-state index is 15.4. The lowest BCUT2D eigenvalue weighted by Gasteiger charge is -2.14. The number of pyridine rings is 2. The molecule has 0 atom stereocenters. The molecule has 0 saturated heterocycles. The highest BCUT2D eigenvalue weighted by molar-refractivity contribution is 7.92. The first kappa shape index (κ1) is 23.6. The van der Waals surface area contributed by atoms with Crippen LogP contribution in [0.1, 0.15) is 16.1 Å². The number of carbonyl (C=O) groups is 1. The van der Waals surface area contributed by atoms with Gasteiger partial charge in [0.15, 0.2) is 16.4 Å². The second kappa shape index (κ2) is 8.99. The lowest BCUT2D eigenvalue weighted by Crippen LogP contribution is -2.18. The number of fused-ring (bicyclic) bond motifs is 1. The van der Waals surface area contributed by atoms with Gasteiger partial charge in [-0.25, -0.2) is 27.2 Å². The summed E-state index contributed by atoms with van der Waals surface area (Å²) in [6.07, 6.45) is 3.79. The zero-order valence-electron chi connectivity index (χ0n) is 18.2. The Kier molecular flexibility index (Phi) is 6.06. The second-order valence-corrected chi connectivity index (χ2v) is 8.77. The van der Waals surface area contributed by atoms with Crippen molar-refractivity contribution >= 4 is 27.1 Å². The van der Waals surface area contributed by atoms with E-state index in [1.54, 1.807) is 6.07 Å². The second-order valence-electron chi connectivity index (χ2n) is 7.12. The number of hydrogen-bond acceptors (Lipinski definition) is 7. The summed E-state index contributed by atoms with van der Waals surface area (Å²) in [5, 5.41) is 11.5. The molecule has 178 valence electrons. The number of nitrogens with zero attached hydrogens (tertiary/aromatic N) is 4. The normalized spacial score (nSPS) is 11.2. The Morgan fingerprint density at radius 3 is 2.66 bits per heavy atom. The average molecular weight is 498 g/mol. The third kappa shape index (κ3) is 4.22. The van der Waals surface area contributed by atoms with Crippen LogP contribution in [0.25, 0.3) is 16.6 Å². The lowest BCUT2D eigenvalue weighted by molar-refractivity contribution is 0.0960. The Bertz CT molecular complexity index is 1630. The first-order valence-electron chi connectivity index (χ1n) is 9.84. The number of carbonyl (C=O) groups excluding carboxylic acids is 1. The first-order valence-corrected chi connectivity index (χ1v) is 11.3. The summed E-state index contributed by atoms with van der Waals surface area (Å²) < 4.78 is 64.5. The monoisotopic (exact) mass is 498 g/mol. The number of hydrogen-bond donors (Lipinski definition) is 2. The highest BCUT2D eigenvalue weighted by Crippen LogP contribution is 2.33. The molecule has 2 N–H and O–H groups in total. The minimum absolute atomic E-state index is 0.0591. The predicted molar refractivity (Wildman–Crippen MR) is 120 cm³/mol. The molecule has 0 aliphatic carbocycles. The molecule has 4 aromatic rings. The number of nitrogens with one attached hydrogen (secondary N) is 2. The van der Waals surface area contributed by atoms with Gasteiger partial charge in [-0.05, 0) is 24.3 Å². The quantitative estimate of drug-likeness (QED) is 0.417. The van der Waals surface area contributed by atoms with Gasteiger partial charge in [0.25, 0.3) is 15.9 Å². The number of amides is 1. The van der Waals surface area contributed by atoms with Crippen LogP contribution in [0.5, 0.6) is 5.88 Å². The zero-order chi connectivity index (χ0) is 25.3. The summed E-state index contributed by atoms with van der Waals surface area (Å²) in [5.74, 6) is -2.86. The van der Waals surface area contributed by atoms with Crippen molar-refractivity contribution in [3.8, 4) is 23.1 Å². The number of benzene rings is 1. The van der Waals surface area contributed by atoms with E-state index < -0.39 is 43.7 Å². The highest BCUT2D eigenvalue weighted by Gasteiger charge is 2.25. The van der Waals surface area contributed by atoms with E-state index in [4.69, 9.17) is 10.00 Å². The largest absolute Gasteiger partial charge is 0.480 e. The van der Waals surface area contributed by atoms with E-state index in [1.165, 1.54) is 43.2 Å². The fraction of sp³-hybridized carbons (Fsp3) is 0.0909. The smallest absolute Gasteiger partial charge is 0.271 e. The third-order valence-corrected chi connectivity index (χ3v) is 6.39. The fourth-order valence-electron chi connectivity index (χ4n) is 3.38. The molecule has 1 aromatic carbocycles. The van der Waals surface area contributed by atoms with Gasteiger partial charge in [-0.3, -0.25) is 9.52 Å². The van der Waals surface area contributed by atoms with Crippen molar-refractivity contribution in [2.45, 2.75) is 4.90 Å². The van der Waals surface area contributed by atoms with Crippen LogP contribution in [0.2, 0.25) is 0 Å². The van der Waals surface area contributed by atoms with Crippen molar-refractivity contribution in [2.75, 3.05) is 18.9 Å². The van der Waals surface area contributed by atoms with Crippen molar-refractivity contribution in [2.24, 2.45) is 0 Å².